The highest BCUT2D eigenvalue weighted by Crippen LogP contribution is 2.35. The molecule has 1 amide bonds. The molecule has 1 aromatic heterocycles. The zero-order chi connectivity index (χ0) is 33.6. The van der Waals surface area contributed by atoms with Crippen LogP contribution in [0, 0.1) is 5.92 Å². The number of fused-ring (bicyclic) bond motifs is 1. The van der Waals surface area contributed by atoms with Gasteiger partial charge in [-0.05, 0) is 77.8 Å². The van der Waals surface area contributed by atoms with Crippen LogP contribution in [0.1, 0.15) is 32.2 Å². The fourth-order valence-corrected chi connectivity index (χ4v) is 5.93. The van der Waals surface area contributed by atoms with E-state index in [9.17, 15) is 18.3 Å². The van der Waals surface area contributed by atoms with E-state index in [1.807, 2.05) is 12.1 Å². The number of carbonyl (C=O) groups excluding carboxylic acids is 1. The minimum Gasteiger partial charge on any atom is -0.497 e. The first-order chi connectivity index (χ1) is 22.5. The van der Waals surface area contributed by atoms with E-state index in [-0.39, 0.29) is 42.9 Å². The van der Waals surface area contributed by atoms with E-state index in [1.165, 1.54) is 25.1 Å². The van der Waals surface area contributed by atoms with Gasteiger partial charge in [0.25, 0.3) is 15.9 Å². The SMILES string of the molecule is COc1ccc(-c2nc(COc3ccc(CC(NC(=O)ON(CC(C)C)S(=O)(=O)c4ccc5c(c4)OCO5)C(C)O)cc3)no2)cc1. The van der Waals surface area contributed by atoms with E-state index in [1.54, 1.807) is 57.4 Å². The summed E-state index contributed by atoms with van der Waals surface area (Å²) in [5.74, 6) is 2.51. The normalized spacial score (nSPS) is 13.8. The second kappa shape index (κ2) is 14.7. The molecule has 2 unspecified atom stereocenters. The molecule has 0 bridgehead atoms. The Kier molecular flexibility index (Phi) is 10.5. The molecule has 0 saturated carbocycles. The number of hydrogen-bond donors (Lipinski definition) is 2. The molecule has 15 heteroatoms. The molecule has 2 N–H and O–H groups in total. The van der Waals surface area contributed by atoms with Crippen molar-refractivity contribution in [3.05, 3.63) is 78.1 Å². The van der Waals surface area contributed by atoms with E-state index in [2.05, 4.69) is 15.5 Å². The van der Waals surface area contributed by atoms with Crippen LogP contribution in [0.25, 0.3) is 11.5 Å². The average Bonchev–Trinajstić information content (AvgIpc) is 3.73. The predicted octanol–water partition coefficient (Wildman–Crippen LogP) is 4.33. The summed E-state index contributed by atoms with van der Waals surface area (Å²) in [4.78, 5) is 22.5. The van der Waals surface area contributed by atoms with Crippen LogP contribution in [0.5, 0.6) is 23.0 Å². The van der Waals surface area contributed by atoms with Crippen molar-refractivity contribution in [2.75, 3.05) is 20.4 Å². The molecule has 1 aliphatic heterocycles. The van der Waals surface area contributed by atoms with Gasteiger partial charge in [-0.25, -0.2) is 13.2 Å². The number of nitrogens with one attached hydrogen (secondary N) is 1. The summed E-state index contributed by atoms with van der Waals surface area (Å²) in [6, 6.07) is 17.6. The van der Waals surface area contributed by atoms with Crippen LogP contribution in [0.4, 0.5) is 4.79 Å². The molecule has 14 nitrogen and oxygen atoms in total. The summed E-state index contributed by atoms with van der Waals surface area (Å²) in [5, 5.41) is 17.0. The number of benzene rings is 3. The van der Waals surface area contributed by atoms with Gasteiger partial charge in [0.1, 0.15) is 11.5 Å². The zero-order valence-electron chi connectivity index (χ0n) is 26.3. The fraction of sp³-hybridized carbons (Fsp3) is 0.344. The Morgan fingerprint density at radius 3 is 2.38 bits per heavy atom. The third-order valence-corrected chi connectivity index (χ3v) is 8.66. The van der Waals surface area contributed by atoms with E-state index in [0.717, 1.165) is 11.1 Å². The number of ether oxygens (including phenoxy) is 4. The summed E-state index contributed by atoms with van der Waals surface area (Å²) in [6.45, 7) is 5.05. The Balaban J connectivity index is 1.17. The summed E-state index contributed by atoms with van der Waals surface area (Å²) < 4.78 is 54.3. The Morgan fingerprint density at radius 1 is 1.00 bits per heavy atom. The first kappa shape index (κ1) is 33.5. The Morgan fingerprint density at radius 2 is 1.70 bits per heavy atom. The van der Waals surface area contributed by atoms with Gasteiger partial charge in [-0.3, -0.25) is 0 Å². The highest BCUT2D eigenvalue weighted by Gasteiger charge is 2.32. The molecule has 0 spiro atoms. The molecular formula is C32H36N4O10S. The van der Waals surface area contributed by atoms with Crippen LogP contribution in [0.15, 0.2) is 76.1 Å². The maximum atomic E-state index is 13.4. The second-order valence-corrected chi connectivity index (χ2v) is 13.0. The van der Waals surface area contributed by atoms with E-state index in [0.29, 0.717) is 33.4 Å². The maximum absolute atomic E-state index is 13.4. The Bertz CT molecular complexity index is 1760. The zero-order valence-corrected chi connectivity index (χ0v) is 27.1. The first-order valence-corrected chi connectivity index (χ1v) is 16.2. The lowest BCUT2D eigenvalue weighted by atomic mass is 10.0. The monoisotopic (exact) mass is 668 g/mol. The van der Waals surface area contributed by atoms with Gasteiger partial charge in [0, 0.05) is 11.6 Å². The van der Waals surface area contributed by atoms with Gasteiger partial charge in [-0.1, -0.05) is 31.1 Å². The van der Waals surface area contributed by atoms with Crippen molar-refractivity contribution in [3.8, 4) is 34.5 Å². The summed E-state index contributed by atoms with van der Waals surface area (Å²) >= 11 is 0. The summed E-state index contributed by atoms with van der Waals surface area (Å²) in [5.41, 5.74) is 1.52. The molecule has 5 rings (SSSR count). The molecule has 0 aliphatic carbocycles. The van der Waals surface area contributed by atoms with Gasteiger partial charge in [0.2, 0.25) is 12.6 Å². The third kappa shape index (κ3) is 8.49. The third-order valence-electron chi connectivity index (χ3n) is 7.05. The van der Waals surface area contributed by atoms with E-state index in [4.69, 9.17) is 28.3 Å². The van der Waals surface area contributed by atoms with Crippen molar-refractivity contribution >= 4 is 16.1 Å². The number of sulfonamides is 1. The largest absolute Gasteiger partial charge is 0.497 e. The number of hydroxylamine groups is 1. The van der Waals surface area contributed by atoms with Crippen LogP contribution in [-0.2, 0) is 27.9 Å². The second-order valence-electron chi connectivity index (χ2n) is 11.2. The fourth-order valence-electron chi connectivity index (χ4n) is 4.54. The number of aliphatic hydroxyl groups excluding tert-OH is 1. The van der Waals surface area contributed by atoms with Crippen molar-refractivity contribution in [2.24, 2.45) is 5.92 Å². The van der Waals surface area contributed by atoms with Gasteiger partial charge in [-0.2, -0.15) is 4.98 Å². The quantitative estimate of drug-likeness (QED) is 0.183. The maximum Gasteiger partial charge on any atom is 0.427 e. The van der Waals surface area contributed by atoms with Gasteiger partial charge >= 0.3 is 6.09 Å². The standard InChI is InChI=1S/C32H36N4O10S/c1-20(2)17-36(47(39,40)26-13-14-28-29(16-26)44-19-43-28)46-32(38)33-27(21(3)37)15-22-5-9-25(10-6-22)42-18-30-34-31(45-35-30)23-7-11-24(41-4)12-8-23/h5-14,16,20-21,27,37H,15,17-19H2,1-4H3,(H,33,38). The lowest BCUT2D eigenvalue weighted by Gasteiger charge is -2.25. The Hall–Kier alpha value is -4.86. The number of aliphatic hydroxyl groups is 1. The van der Waals surface area contributed by atoms with E-state index < -0.39 is 28.3 Å². The Labute approximate surface area is 272 Å². The molecule has 4 aromatic rings. The number of carbonyl (C=O) groups is 1. The number of aromatic nitrogens is 2. The minimum absolute atomic E-state index is 0.0169. The predicted molar refractivity (Wildman–Crippen MR) is 167 cm³/mol. The lowest BCUT2D eigenvalue weighted by molar-refractivity contribution is -0.0323. The molecule has 0 saturated heterocycles. The first-order valence-electron chi connectivity index (χ1n) is 14.8. The highest BCUT2D eigenvalue weighted by atomic mass is 32.2. The van der Waals surface area contributed by atoms with Crippen molar-refractivity contribution in [1.29, 1.82) is 0 Å². The highest BCUT2D eigenvalue weighted by molar-refractivity contribution is 7.89. The molecule has 2 heterocycles. The van der Waals surface area contributed by atoms with Gasteiger partial charge in [0.15, 0.2) is 18.1 Å². The molecule has 0 fully saturated rings. The van der Waals surface area contributed by atoms with Crippen LogP contribution in [-0.4, -0.2) is 66.8 Å². The van der Waals surface area contributed by atoms with Gasteiger partial charge < -0.3 is 38.7 Å². The topological polar surface area (TPSA) is 172 Å². The average molecular weight is 669 g/mol. The molecule has 0 radical (unpaired) electrons. The molecule has 47 heavy (non-hydrogen) atoms. The summed E-state index contributed by atoms with van der Waals surface area (Å²) in [7, 11) is -2.67. The molecule has 250 valence electrons. The summed E-state index contributed by atoms with van der Waals surface area (Å²) in [6.07, 6.45) is -1.79. The smallest absolute Gasteiger partial charge is 0.427 e. The van der Waals surface area contributed by atoms with Gasteiger partial charge in [-0.15, -0.1) is 0 Å². The van der Waals surface area contributed by atoms with Crippen LogP contribution >= 0.6 is 0 Å². The number of rotatable bonds is 14. The van der Waals surface area contributed by atoms with Crippen LogP contribution in [0.3, 0.4) is 0 Å². The van der Waals surface area contributed by atoms with E-state index >= 15 is 0 Å². The lowest BCUT2D eigenvalue weighted by Crippen LogP contribution is -2.47. The number of amides is 1. The van der Waals surface area contributed by atoms with Crippen molar-refractivity contribution in [2.45, 2.75) is 50.8 Å². The number of methoxy groups -OCH3 is 1. The number of nitrogens with zero attached hydrogens (tertiary/aromatic N) is 3. The van der Waals surface area contributed by atoms with Crippen LogP contribution < -0.4 is 24.3 Å². The van der Waals surface area contributed by atoms with Crippen LogP contribution in [0.2, 0.25) is 0 Å². The minimum atomic E-state index is -4.25. The van der Waals surface area contributed by atoms with Crippen molar-refractivity contribution in [3.63, 3.8) is 0 Å². The number of hydrogen-bond acceptors (Lipinski definition) is 12. The molecule has 2 atom stereocenters. The van der Waals surface area contributed by atoms with Crippen molar-refractivity contribution in [1.82, 2.24) is 19.9 Å². The molecule has 3 aromatic carbocycles. The molecule has 1 aliphatic rings. The molecular weight excluding hydrogens is 632 g/mol. The van der Waals surface area contributed by atoms with Gasteiger partial charge in [0.05, 0.1) is 30.7 Å². The van der Waals surface area contributed by atoms with Crippen molar-refractivity contribution < 1.29 is 46.6 Å².